The third-order valence-corrected chi connectivity index (χ3v) is 2.33. The highest BCUT2D eigenvalue weighted by Crippen LogP contribution is 2.25. The van der Waals surface area contributed by atoms with Crippen molar-refractivity contribution in [1.82, 2.24) is 0 Å². The van der Waals surface area contributed by atoms with Crippen molar-refractivity contribution in [3.63, 3.8) is 0 Å². The van der Waals surface area contributed by atoms with Crippen molar-refractivity contribution in [2.75, 3.05) is 0 Å². The van der Waals surface area contributed by atoms with Crippen LogP contribution in [0.3, 0.4) is 0 Å². The highest BCUT2D eigenvalue weighted by Gasteiger charge is 2.09. The fraction of sp³-hybridized carbons (Fsp3) is 0.800. The molecule has 0 saturated carbocycles. The topological polar surface area (TPSA) is 0 Å². The molecule has 0 heteroatoms. The van der Waals surface area contributed by atoms with Crippen LogP contribution in [0.2, 0.25) is 0 Å². The molecule has 0 aromatic heterocycles. The van der Waals surface area contributed by atoms with Crippen molar-refractivity contribution in [3.05, 3.63) is 11.6 Å². The lowest BCUT2D eigenvalue weighted by Gasteiger charge is -2.18. The molecule has 0 fully saturated rings. The van der Waals surface area contributed by atoms with Gasteiger partial charge in [-0.05, 0) is 38.5 Å². The van der Waals surface area contributed by atoms with Gasteiger partial charge in [-0.25, -0.2) is 0 Å². The van der Waals surface area contributed by atoms with Crippen LogP contribution in [0.4, 0.5) is 0 Å². The van der Waals surface area contributed by atoms with Gasteiger partial charge in [-0.15, -0.1) is 0 Å². The second kappa shape index (κ2) is 3.80. The Labute approximate surface area is 64.3 Å². The van der Waals surface area contributed by atoms with Gasteiger partial charge in [-0.2, -0.15) is 0 Å². The Morgan fingerprint density at radius 1 is 1.60 bits per heavy atom. The van der Waals surface area contributed by atoms with Crippen LogP contribution in [0.15, 0.2) is 11.6 Å². The van der Waals surface area contributed by atoms with Gasteiger partial charge in [0.1, 0.15) is 0 Å². The summed E-state index contributed by atoms with van der Waals surface area (Å²) in [6.07, 6.45) is 9.43. The van der Waals surface area contributed by atoms with Crippen molar-refractivity contribution in [2.24, 2.45) is 5.92 Å². The van der Waals surface area contributed by atoms with E-state index < -0.39 is 0 Å². The standard InChI is InChI=1S/C10H18/c1-3-5-10-7-4-6-9(2)8-10/h8,10H,3-7H2,1-2H3. The molecule has 0 radical (unpaired) electrons. The molecule has 0 aromatic carbocycles. The molecule has 0 aliphatic heterocycles. The maximum atomic E-state index is 2.48. The van der Waals surface area contributed by atoms with Crippen LogP contribution in [-0.2, 0) is 0 Å². The minimum atomic E-state index is 0.916. The summed E-state index contributed by atoms with van der Waals surface area (Å²) in [5.41, 5.74) is 1.62. The van der Waals surface area contributed by atoms with E-state index in [2.05, 4.69) is 19.9 Å². The van der Waals surface area contributed by atoms with Gasteiger partial charge in [0.15, 0.2) is 0 Å². The number of allylic oxidation sites excluding steroid dienone is 2. The second-order valence-electron chi connectivity index (χ2n) is 3.45. The largest absolute Gasteiger partial charge is 0.0825 e. The molecule has 0 N–H and O–H groups in total. The molecular weight excluding hydrogens is 120 g/mol. The summed E-state index contributed by atoms with van der Waals surface area (Å²) in [4.78, 5) is 0. The number of hydrogen-bond donors (Lipinski definition) is 0. The first kappa shape index (κ1) is 7.84. The lowest BCUT2D eigenvalue weighted by molar-refractivity contribution is 0.490. The molecule has 0 amide bonds. The number of rotatable bonds is 2. The Balaban J connectivity index is 2.38. The molecule has 1 atom stereocenters. The van der Waals surface area contributed by atoms with Crippen LogP contribution >= 0.6 is 0 Å². The van der Waals surface area contributed by atoms with E-state index in [0.717, 1.165) is 5.92 Å². The van der Waals surface area contributed by atoms with Crippen LogP contribution in [-0.4, -0.2) is 0 Å². The van der Waals surface area contributed by atoms with Gasteiger partial charge < -0.3 is 0 Å². The van der Waals surface area contributed by atoms with Crippen molar-refractivity contribution < 1.29 is 0 Å². The summed E-state index contributed by atoms with van der Waals surface area (Å²) in [7, 11) is 0. The Hall–Kier alpha value is -0.260. The molecule has 1 rings (SSSR count). The van der Waals surface area contributed by atoms with E-state index in [1.54, 1.807) is 5.57 Å². The van der Waals surface area contributed by atoms with Crippen LogP contribution in [0.5, 0.6) is 0 Å². The molecule has 0 heterocycles. The van der Waals surface area contributed by atoms with E-state index in [4.69, 9.17) is 0 Å². The Bertz CT molecular complexity index is 122. The third kappa shape index (κ3) is 2.17. The van der Waals surface area contributed by atoms with Crippen molar-refractivity contribution in [3.8, 4) is 0 Å². The first-order valence-electron chi connectivity index (χ1n) is 4.50. The fourth-order valence-electron chi connectivity index (χ4n) is 1.81. The molecule has 1 aliphatic carbocycles. The summed E-state index contributed by atoms with van der Waals surface area (Å²) in [6, 6.07) is 0. The predicted molar refractivity (Wildman–Crippen MR) is 46.0 cm³/mol. The van der Waals surface area contributed by atoms with Gasteiger partial charge in [0.25, 0.3) is 0 Å². The fourth-order valence-corrected chi connectivity index (χ4v) is 1.81. The van der Waals surface area contributed by atoms with E-state index in [1.807, 2.05) is 0 Å². The average molecular weight is 138 g/mol. The summed E-state index contributed by atoms with van der Waals surface area (Å²) in [5, 5.41) is 0. The molecule has 0 saturated heterocycles. The minimum absolute atomic E-state index is 0.916. The molecule has 0 spiro atoms. The van der Waals surface area contributed by atoms with E-state index >= 15 is 0 Å². The minimum Gasteiger partial charge on any atom is -0.0825 e. The molecule has 1 unspecified atom stereocenters. The summed E-state index contributed by atoms with van der Waals surface area (Å²) < 4.78 is 0. The van der Waals surface area contributed by atoms with Gasteiger partial charge in [0, 0.05) is 0 Å². The zero-order valence-corrected chi connectivity index (χ0v) is 7.19. The predicted octanol–water partition coefficient (Wildman–Crippen LogP) is 3.53. The highest BCUT2D eigenvalue weighted by atomic mass is 14.1. The van der Waals surface area contributed by atoms with Gasteiger partial charge in [0.2, 0.25) is 0 Å². The maximum Gasteiger partial charge on any atom is -0.0231 e. The van der Waals surface area contributed by atoms with Crippen molar-refractivity contribution in [2.45, 2.75) is 46.0 Å². The maximum absolute atomic E-state index is 2.48. The third-order valence-electron chi connectivity index (χ3n) is 2.33. The van der Waals surface area contributed by atoms with E-state index in [9.17, 15) is 0 Å². The Morgan fingerprint density at radius 3 is 3.00 bits per heavy atom. The van der Waals surface area contributed by atoms with Gasteiger partial charge >= 0.3 is 0 Å². The summed E-state index contributed by atoms with van der Waals surface area (Å²) >= 11 is 0. The first-order chi connectivity index (χ1) is 4.83. The van der Waals surface area contributed by atoms with Crippen LogP contribution < -0.4 is 0 Å². The van der Waals surface area contributed by atoms with E-state index in [-0.39, 0.29) is 0 Å². The molecule has 1 aliphatic rings. The Morgan fingerprint density at radius 2 is 2.40 bits per heavy atom. The molecule has 0 nitrogen and oxygen atoms in total. The lowest BCUT2D eigenvalue weighted by Crippen LogP contribution is -2.02. The van der Waals surface area contributed by atoms with Crippen molar-refractivity contribution >= 4 is 0 Å². The van der Waals surface area contributed by atoms with Crippen LogP contribution in [0.1, 0.15) is 46.0 Å². The zero-order chi connectivity index (χ0) is 7.40. The zero-order valence-electron chi connectivity index (χ0n) is 7.19. The van der Waals surface area contributed by atoms with Gasteiger partial charge in [-0.1, -0.05) is 25.0 Å². The summed E-state index contributed by atoms with van der Waals surface area (Å²) in [6.45, 7) is 4.54. The molecule has 0 aromatic rings. The monoisotopic (exact) mass is 138 g/mol. The molecule has 58 valence electrons. The van der Waals surface area contributed by atoms with Crippen LogP contribution in [0.25, 0.3) is 0 Å². The normalized spacial score (nSPS) is 26.2. The molecule has 10 heavy (non-hydrogen) atoms. The first-order valence-corrected chi connectivity index (χ1v) is 4.50. The van der Waals surface area contributed by atoms with Crippen molar-refractivity contribution in [1.29, 1.82) is 0 Å². The Kier molecular flexibility index (Phi) is 2.98. The van der Waals surface area contributed by atoms with E-state index in [1.165, 1.54) is 32.1 Å². The highest BCUT2D eigenvalue weighted by molar-refractivity contribution is 5.04. The smallest absolute Gasteiger partial charge is 0.0231 e. The average Bonchev–Trinajstić information content (AvgIpc) is 1.88. The lowest BCUT2D eigenvalue weighted by atomic mass is 9.88. The quantitative estimate of drug-likeness (QED) is 0.512. The number of hydrogen-bond acceptors (Lipinski definition) is 0. The van der Waals surface area contributed by atoms with Gasteiger partial charge in [0.05, 0.1) is 0 Å². The second-order valence-corrected chi connectivity index (χ2v) is 3.45. The van der Waals surface area contributed by atoms with Gasteiger partial charge in [-0.3, -0.25) is 0 Å². The van der Waals surface area contributed by atoms with E-state index in [0.29, 0.717) is 0 Å². The summed E-state index contributed by atoms with van der Waals surface area (Å²) in [5.74, 6) is 0.916. The molecule has 0 bridgehead atoms. The SMILES string of the molecule is CCCC1C=C(C)CCC1. The van der Waals surface area contributed by atoms with Crippen LogP contribution in [0, 0.1) is 5.92 Å². The molecular formula is C10H18.